The Labute approximate surface area is 208 Å². The Balaban J connectivity index is 1.51. The summed E-state index contributed by atoms with van der Waals surface area (Å²) in [6.45, 7) is 2.95. The van der Waals surface area contributed by atoms with Crippen LogP contribution in [-0.4, -0.2) is 36.5 Å². The highest BCUT2D eigenvalue weighted by Gasteiger charge is 2.34. The van der Waals surface area contributed by atoms with Crippen molar-refractivity contribution < 1.29 is 23.7 Å². The Morgan fingerprint density at radius 3 is 2.51 bits per heavy atom. The van der Waals surface area contributed by atoms with Gasteiger partial charge in [-0.3, -0.25) is 9.69 Å². The lowest BCUT2D eigenvalue weighted by Crippen LogP contribution is -2.28. The third kappa shape index (κ3) is 4.97. The van der Waals surface area contributed by atoms with Crippen LogP contribution in [0.1, 0.15) is 18.1 Å². The molecular weight excluding hydrogens is 464 g/mol. The maximum absolute atomic E-state index is 13.6. The van der Waals surface area contributed by atoms with Crippen molar-refractivity contribution in [3.05, 3.63) is 82.8 Å². The van der Waals surface area contributed by atoms with Crippen LogP contribution < -0.4 is 18.9 Å². The number of carbonyl (C=O) groups is 1. The van der Waals surface area contributed by atoms with Crippen LogP contribution >= 0.6 is 11.8 Å². The second-order valence-electron chi connectivity index (χ2n) is 7.76. The molecule has 8 heteroatoms. The molecule has 2 aliphatic rings. The van der Waals surface area contributed by atoms with Gasteiger partial charge in [0.1, 0.15) is 11.5 Å². The molecule has 178 valence electrons. The van der Waals surface area contributed by atoms with Gasteiger partial charge in [0.05, 0.1) is 30.9 Å². The van der Waals surface area contributed by atoms with Crippen molar-refractivity contribution in [1.82, 2.24) is 4.90 Å². The standard InChI is InChI=1S/C27H24N2O5S/c1-3-32-22-15-24-23(33-17-34-24)13-19(22)14-25-26(30)29(16-18-9-11-21(31-2)12-10-18)27(35-25)28-20-7-5-4-6-8-20/h4-15H,3,16-17H2,1-2H3/b25-14+,28-27?. The minimum Gasteiger partial charge on any atom is -0.497 e. The van der Waals surface area contributed by atoms with Crippen LogP contribution in [0.3, 0.4) is 0 Å². The van der Waals surface area contributed by atoms with Gasteiger partial charge in [-0.1, -0.05) is 30.3 Å². The zero-order valence-corrected chi connectivity index (χ0v) is 20.2. The topological polar surface area (TPSA) is 69.6 Å². The number of para-hydroxylation sites is 1. The fraction of sp³-hybridized carbons (Fsp3) is 0.185. The van der Waals surface area contributed by atoms with E-state index in [1.54, 1.807) is 18.1 Å². The number of rotatable bonds is 7. The summed E-state index contributed by atoms with van der Waals surface area (Å²) in [6, 6.07) is 20.9. The van der Waals surface area contributed by atoms with Gasteiger partial charge in [-0.25, -0.2) is 4.99 Å². The first-order valence-electron chi connectivity index (χ1n) is 11.2. The number of thioether (sulfide) groups is 1. The fourth-order valence-corrected chi connectivity index (χ4v) is 4.72. The number of hydrogen-bond acceptors (Lipinski definition) is 7. The van der Waals surface area contributed by atoms with Gasteiger partial charge in [0.15, 0.2) is 16.7 Å². The van der Waals surface area contributed by atoms with Crippen LogP contribution in [-0.2, 0) is 11.3 Å². The molecule has 0 atom stereocenters. The number of methoxy groups -OCH3 is 1. The first kappa shape index (κ1) is 22.9. The van der Waals surface area contributed by atoms with Crippen molar-refractivity contribution in [3.63, 3.8) is 0 Å². The minimum absolute atomic E-state index is 0.124. The van der Waals surface area contributed by atoms with E-state index in [9.17, 15) is 4.79 Å². The molecule has 0 N–H and O–H groups in total. The van der Waals surface area contributed by atoms with Crippen LogP contribution in [0.5, 0.6) is 23.0 Å². The molecular formula is C27H24N2O5S. The van der Waals surface area contributed by atoms with Gasteiger partial charge in [-0.2, -0.15) is 0 Å². The Morgan fingerprint density at radius 2 is 1.80 bits per heavy atom. The first-order chi connectivity index (χ1) is 17.1. The Kier molecular flexibility index (Phi) is 6.63. The van der Waals surface area contributed by atoms with Crippen LogP contribution in [0.4, 0.5) is 5.69 Å². The molecule has 0 bridgehead atoms. The normalized spacial score (nSPS) is 16.9. The van der Waals surface area contributed by atoms with Gasteiger partial charge in [0, 0.05) is 11.6 Å². The maximum Gasteiger partial charge on any atom is 0.267 e. The van der Waals surface area contributed by atoms with E-state index in [-0.39, 0.29) is 12.7 Å². The Hall–Kier alpha value is -3.91. The third-order valence-electron chi connectivity index (χ3n) is 5.46. The van der Waals surface area contributed by atoms with Gasteiger partial charge >= 0.3 is 0 Å². The zero-order valence-electron chi connectivity index (χ0n) is 19.4. The molecule has 0 saturated carbocycles. The van der Waals surface area contributed by atoms with E-state index in [0.29, 0.717) is 40.5 Å². The van der Waals surface area contributed by atoms with Gasteiger partial charge in [0.2, 0.25) is 6.79 Å². The second kappa shape index (κ2) is 10.1. The van der Waals surface area contributed by atoms with Crippen LogP contribution in [0.15, 0.2) is 76.6 Å². The molecule has 2 aliphatic heterocycles. The van der Waals surface area contributed by atoms with Crippen LogP contribution in [0.25, 0.3) is 6.08 Å². The molecule has 3 aromatic rings. The summed E-state index contributed by atoms with van der Waals surface area (Å²) >= 11 is 1.34. The summed E-state index contributed by atoms with van der Waals surface area (Å²) < 4.78 is 22.1. The Morgan fingerprint density at radius 1 is 1.06 bits per heavy atom. The summed E-state index contributed by atoms with van der Waals surface area (Å²) in [5.74, 6) is 2.53. The van der Waals surface area contributed by atoms with Crippen LogP contribution in [0, 0.1) is 0 Å². The lowest BCUT2D eigenvalue weighted by atomic mass is 10.1. The average molecular weight is 489 g/mol. The first-order valence-corrected chi connectivity index (χ1v) is 12.0. The van der Waals surface area contributed by atoms with Gasteiger partial charge in [-0.15, -0.1) is 0 Å². The summed E-state index contributed by atoms with van der Waals surface area (Å²) in [7, 11) is 1.63. The highest BCUT2D eigenvalue weighted by atomic mass is 32.2. The number of ether oxygens (including phenoxy) is 4. The van der Waals surface area contributed by atoms with E-state index < -0.39 is 0 Å². The lowest BCUT2D eigenvalue weighted by molar-refractivity contribution is -0.122. The lowest BCUT2D eigenvalue weighted by Gasteiger charge is -2.16. The van der Waals surface area contributed by atoms with E-state index in [1.807, 2.05) is 73.7 Å². The maximum atomic E-state index is 13.6. The molecule has 5 rings (SSSR count). The molecule has 0 spiro atoms. The van der Waals surface area contributed by atoms with E-state index in [0.717, 1.165) is 22.6 Å². The minimum atomic E-state index is -0.124. The molecule has 1 fully saturated rings. The number of fused-ring (bicyclic) bond motifs is 1. The molecule has 1 amide bonds. The van der Waals surface area contributed by atoms with E-state index in [2.05, 4.69) is 0 Å². The number of amides is 1. The van der Waals surface area contributed by atoms with Crippen molar-refractivity contribution in [2.45, 2.75) is 13.5 Å². The van der Waals surface area contributed by atoms with E-state index >= 15 is 0 Å². The van der Waals surface area contributed by atoms with Crippen molar-refractivity contribution in [1.29, 1.82) is 0 Å². The number of amidine groups is 1. The average Bonchev–Trinajstić information content (AvgIpc) is 3.45. The summed E-state index contributed by atoms with van der Waals surface area (Å²) in [5, 5.41) is 0.613. The predicted molar refractivity (Wildman–Crippen MR) is 136 cm³/mol. The molecule has 7 nitrogen and oxygen atoms in total. The molecule has 0 radical (unpaired) electrons. The molecule has 2 heterocycles. The van der Waals surface area contributed by atoms with Crippen molar-refractivity contribution in [2.24, 2.45) is 4.99 Å². The van der Waals surface area contributed by atoms with Crippen molar-refractivity contribution in [2.75, 3.05) is 20.5 Å². The quantitative estimate of drug-likeness (QED) is 0.402. The molecule has 35 heavy (non-hydrogen) atoms. The summed E-state index contributed by atoms with van der Waals surface area (Å²) in [5.41, 5.74) is 2.50. The number of carbonyl (C=O) groups excluding carboxylic acids is 1. The summed E-state index contributed by atoms with van der Waals surface area (Å²) in [4.78, 5) is 20.6. The van der Waals surface area contributed by atoms with Gasteiger partial charge < -0.3 is 18.9 Å². The molecule has 0 unspecified atom stereocenters. The zero-order chi connectivity index (χ0) is 24.2. The van der Waals surface area contributed by atoms with Crippen molar-refractivity contribution in [3.8, 4) is 23.0 Å². The molecule has 0 aliphatic carbocycles. The molecule has 3 aromatic carbocycles. The second-order valence-corrected chi connectivity index (χ2v) is 8.77. The smallest absolute Gasteiger partial charge is 0.267 e. The van der Waals surface area contributed by atoms with Gasteiger partial charge in [-0.05, 0) is 60.7 Å². The number of hydrogen-bond donors (Lipinski definition) is 0. The number of benzene rings is 3. The highest BCUT2D eigenvalue weighted by Crippen LogP contribution is 2.41. The number of aliphatic imine (C=N–C) groups is 1. The Bertz CT molecular complexity index is 1290. The third-order valence-corrected chi connectivity index (χ3v) is 6.47. The van der Waals surface area contributed by atoms with Gasteiger partial charge in [0.25, 0.3) is 5.91 Å². The van der Waals surface area contributed by atoms with E-state index in [4.69, 9.17) is 23.9 Å². The highest BCUT2D eigenvalue weighted by molar-refractivity contribution is 8.18. The largest absolute Gasteiger partial charge is 0.497 e. The van der Waals surface area contributed by atoms with E-state index in [1.165, 1.54) is 11.8 Å². The predicted octanol–water partition coefficient (Wildman–Crippen LogP) is 5.63. The molecule has 1 saturated heterocycles. The fourth-order valence-electron chi connectivity index (χ4n) is 3.73. The molecule has 0 aromatic heterocycles. The summed E-state index contributed by atoms with van der Waals surface area (Å²) in [6.07, 6.45) is 1.83. The van der Waals surface area contributed by atoms with Crippen LogP contribution in [0.2, 0.25) is 0 Å². The monoisotopic (exact) mass is 488 g/mol. The SMILES string of the molecule is CCOc1cc2c(cc1/C=C1/SC(=Nc3ccccc3)N(Cc3ccc(OC)cc3)C1=O)OCO2. The van der Waals surface area contributed by atoms with Crippen molar-refractivity contribution >= 4 is 34.6 Å². The number of nitrogens with zero attached hydrogens (tertiary/aromatic N) is 2.